The lowest BCUT2D eigenvalue weighted by molar-refractivity contribution is 0.301. The molecule has 19 rings (SSSR count). The third-order valence-corrected chi connectivity index (χ3v) is 18.2. The number of nitrogens with zero attached hydrogens (tertiary/aromatic N) is 3. The van der Waals surface area contributed by atoms with E-state index < -0.39 is 0 Å². The Morgan fingerprint density at radius 2 is 0.952 bits per heavy atom. The predicted molar refractivity (Wildman–Crippen MR) is 247 cm³/mol. The highest BCUT2D eigenvalue weighted by Gasteiger charge is 2.63. The molecule has 0 radical (unpaired) electrons. The number of rotatable bonds is 0. The summed E-state index contributed by atoms with van der Waals surface area (Å²) < 4.78 is 2.67. The van der Waals surface area contributed by atoms with Gasteiger partial charge in [0, 0.05) is 44.2 Å². The molecular weight excluding hydrogens is 751 g/mol. The second-order valence-corrected chi connectivity index (χ2v) is 20.2. The molecule has 0 unspecified atom stereocenters. The summed E-state index contributed by atoms with van der Waals surface area (Å²) in [5, 5.41) is 5.78. The summed E-state index contributed by atoms with van der Waals surface area (Å²) in [4.78, 5) is 11.3. The monoisotopic (exact) mass is 791 g/mol. The fourth-order valence-corrected chi connectivity index (χ4v) is 16.3. The summed E-state index contributed by atoms with van der Waals surface area (Å²) in [5.41, 5.74) is 28.7. The highest BCUT2D eigenvalue weighted by molar-refractivity contribution is 6.28. The molecule has 2 saturated carbocycles. The van der Waals surface area contributed by atoms with Crippen LogP contribution in [0.25, 0.3) is 49.2 Å². The van der Waals surface area contributed by atoms with Gasteiger partial charge in [-0.05, 0) is 117 Å². The van der Waals surface area contributed by atoms with Crippen LogP contribution < -0.4 is 0 Å². The molecule has 0 atom stereocenters. The van der Waals surface area contributed by atoms with E-state index in [1.54, 1.807) is 11.1 Å². The average molecular weight is 792 g/mol. The summed E-state index contributed by atoms with van der Waals surface area (Å²) >= 11 is 0. The highest BCUT2D eigenvalue weighted by Crippen LogP contribution is 2.72. The maximum absolute atomic E-state index is 5.66. The maximum Gasteiger partial charge on any atom is 0.0729 e. The van der Waals surface area contributed by atoms with Gasteiger partial charge in [-0.15, -0.1) is 0 Å². The van der Waals surface area contributed by atoms with Gasteiger partial charge in [-0.3, -0.25) is 9.97 Å². The number of aryl methyl sites for hydroxylation is 1. The molecule has 4 bridgehead atoms. The zero-order valence-electron chi connectivity index (χ0n) is 34.6. The zero-order valence-corrected chi connectivity index (χ0v) is 34.6. The molecule has 2 fully saturated rings. The van der Waals surface area contributed by atoms with E-state index in [4.69, 9.17) is 9.97 Å². The Bertz CT molecular complexity index is 3660. The fourth-order valence-electron chi connectivity index (χ4n) is 16.3. The van der Waals surface area contributed by atoms with Gasteiger partial charge in [-0.25, -0.2) is 0 Å². The molecular formula is C59H41N3. The first-order valence-electron chi connectivity index (χ1n) is 23.2. The minimum Gasteiger partial charge on any atom is -0.305 e. The Labute approximate surface area is 359 Å². The van der Waals surface area contributed by atoms with Gasteiger partial charge in [0.25, 0.3) is 0 Å². The van der Waals surface area contributed by atoms with Gasteiger partial charge in [0.15, 0.2) is 0 Å². The average Bonchev–Trinajstić information content (AvgIpc) is 4.08. The van der Waals surface area contributed by atoms with Gasteiger partial charge < -0.3 is 4.40 Å². The highest BCUT2D eigenvalue weighted by atomic mass is 15.0. The van der Waals surface area contributed by atoms with E-state index in [1.165, 1.54) is 160 Å². The second kappa shape index (κ2) is 10.4. The number of hydrogen-bond acceptors (Lipinski definition) is 2. The third-order valence-electron chi connectivity index (χ3n) is 18.2. The SMILES string of the molecule is Cc1ccc2c(c1)C13CCCC1(CCC3)c1c-2cc2c3c4c(ncc3n3c5cnc6c(c5c1c23)C1c2ccccc2C6c2ccccc21)C1c2ccccc2C4c2ccccc21. The molecule has 0 saturated heterocycles. The molecule has 0 spiro atoms. The van der Waals surface area contributed by atoms with Crippen molar-refractivity contribution in [3.8, 4) is 11.1 Å². The maximum atomic E-state index is 5.66. The number of pyridine rings is 2. The Morgan fingerprint density at radius 1 is 0.484 bits per heavy atom. The first-order chi connectivity index (χ1) is 30.7. The molecule has 9 aliphatic carbocycles. The molecule has 0 N–H and O–H groups in total. The number of hydrogen-bond donors (Lipinski definition) is 0. The van der Waals surface area contributed by atoms with Gasteiger partial charge in [-0.2, -0.15) is 0 Å². The van der Waals surface area contributed by atoms with Crippen LogP contribution in [0, 0.1) is 6.92 Å². The molecule has 0 amide bonds. The third kappa shape index (κ3) is 3.22. The smallest absolute Gasteiger partial charge is 0.0729 e. The molecule has 6 aromatic carbocycles. The van der Waals surface area contributed by atoms with Crippen molar-refractivity contribution in [3.63, 3.8) is 0 Å². The van der Waals surface area contributed by atoms with Crippen molar-refractivity contribution in [1.29, 1.82) is 0 Å². The van der Waals surface area contributed by atoms with Crippen LogP contribution >= 0.6 is 0 Å². The van der Waals surface area contributed by atoms with E-state index in [1.807, 2.05) is 0 Å². The van der Waals surface area contributed by atoms with Gasteiger partial charge >= 0.3 is 0 Å². The Balaban J connectivity index is 1.10. The van der Waals surface area contributed by atoms with Crippen LogP contribution in [0.2, 0.25) is 0 Å². The van der Waals surface area contributed by atoms with Crippen molar-refractivity contribution in [2.75, 3.05) is 0 Å². The second-order valence-electron chi connectivity index (χ2n) is 20.2. The number of benzene rings is 6. The quantitative estimate of drug-likeness (QED) is 0.153. The summed E-state index contributed by atoms with van der Waals surface area (Å²) in [6.07, 6.45) is 12.2. The Kier molecular flexibility index (Phi) is 5.38. The van der Waals surface area contributed by atoms with Crippen LogP contribution in [0.3, 0.4) is 0 Å². The van der Waals surface area contributed by atoms with E-state index >= 15 is 0 Å². The predicted octanol–water partition coefficient (Wildman–Crippen LogP) is 13.4. The molecule has 3 nitrogen and oxygen atoms in total. The van der Waals surface area contributed by atoms with Crippen LogP contribution in [0.1, 0.15) is 146 Å². The lowest BCUT2D eigenvalue weighted by Crippen LogP contribution is -2.43. The van der Waals surface area contributed by atoms with Gasteiger partial charge in [0.2, 0.25) is 0 Å². The van der Waals surface area contributed by atoms with E-state index in [0.717, 1.165) is 0 Å². The number of fused-ring (bicyclic) bond motifs is 10. The topological polar surface area (TPSA) is 30.2 Å². The normalized spacial score (nSPS) is 25.9. The van der Waals surface area contributed by atoms with E-state index in [0.29, 0.717) is 0 Å². The minimum atomic E-state index is 0.101. The molecule has 3 heteroatoms. The van der Waals surface area contributed by atoms with Crippen LogP contribution in [0.15, 0.2) is 134 Å². The van der Waals surface area contributed by atoms with Crippen molar-refractivity contribution in [2.45, 2.75) is 80.0 Å². The van der Waals surface area contributed by atoms with Crippen molar-refractivity contribution < 1.29 is 0 Å². The zero-order chi connectivity index (χ0) is 40.0. The Hall–Kier alpha value is -6.58. The molecule has 4 aromatic heterocycles. The first-order valence-corrected chi connectivity index (χ1v) is 23.2. The van der Waals surface area contributed by atoms with Crippen LogP contribution in [-0.4, -0.2) is 14.4 Å². The molecule has 9 aliphatic rings. The standard InChI is InChI=1S/C59H41N3/c1-30-20-21-31-40-27-41-49-43(28-60-55-47-36-16-6-2-12-32(36)45(51(49)55)33-13-3-7-17-37(33)47)62-44-29-61-56-48-38-18-8-4-14-34(38)46(35-15-5-9-19-39(35)48)52(56)50(44)53(57(41)62)54(40)59-24-10-22-58(59,23-11-25-59)42(31)26-30/h2-9,12-21,26-29,45-48H,10-11,22-25H2,1H3. The van der Waals surface area contributed by atoms with Crippen LogP contribution in [0.5, 0.6) is 0 Å². The van der Waals surface area contributed by atoms with Crippen LogP contribution in [-0.2, 0) is 10.8 Å². The van der Waals surface area contributed by atoms with Crippen molar-refractivity contribution in [2.24, 2.45) is 0 Å². The Morgan fingerprint density at radius 3 is 1.48 bits per heavy atom. The van der Waals surface area contributed by atoms with E-state index in [2.05, 4.69) is 145 Å². The summed E-state index contributed by atoms with van der Waals surface area (Å²) in [6, 6.07) is 47.3. The molecule has 62 heavy (non-hydrogen) atoms. The fraction of sp³-hybridized carbons (Fsp3) is 0.220. The van der Waals surface area contributed by atoms with E-state index in [9.17, 15) is 0 Å². The van der Waals surface area contributed by atoms with Crippen molar-refractivity contribution >= 4 is 38.1 Å². The summed E-state index contributed by atoms with van der Waals surface area (Å²) in [6.45, 7) is 2.32. The minimum absolute atomic E-state index is 0.101. The first kappa shape index (κ1) is 32.2. The molecule has 4 heterocycles. The van der Waals surface area contributed by atoms with Gasteiger partial charge in [-0.1, -0.05) is 134 Å². The lowest BCUT2D eigenvalue weighted by Gasteiger charge is -2.48. The van der Waals surface area contributed by atoms with Crippen LogP contribution in [0.4, 0.5) is 0 Å². The van der Waals surface area contributed by atoms with Gasteiger partial charge in [0.05, 0.1) is 52.2 Å². The molecule has 0 aliphatic heterocycles. The van der Waals surface area contributed by atoms with Gasteiger partial charge in [0.1, 0.15) is 0 Å². The largest absolute Gasteiger partial charge is 0.305 e. The number of aromatic nitrogens is 3. The molecule has 292 valence electrons. The summed E-state index contributed by atoms with van der Waals surface area (Å²) in [7, 11) is 0. The van der Waals surface area contributed by atoms with E-state index in [-0.39, 0.29) is 34.5 Å². The lowest BCUT2D eigenvalue weighted by atomic mass is 9.54. The van der Waals surface area contributed by atoms with Crippen molar-refractivity contribution in [1.82, 2.24) is 14.4 Å². The molecule has 10 aromatic rings. The van der Waals surface area contributed by atoms with Crippen molar-refractivity contribution in [3.05, 3.63) is 217 Å². The summed E-state index contributed by atoms with van der Waals surface area (Å²) in [5.74, 6) is 0.520.